The lowest BCUT2D eigenvalue weighted by molar-refractivity contribution is 0.954. The Labute approximate surface area is 323 Å². The van der Waals surface area contributed by atoms with Crippen molar-refractivity contribution in [2.45, 2.75) is 0 Å². The van der Waals surface area contributed by atoms with Crippen LogP contribution in [0.25, 0.3) is 100 Å². The van der Waals surface area contributed by atoms with Gasteiger partial charge in [-0.05, 0) is 41.5 Å². The van der Waals surface area contributed by atoms with E-state index in [9.17, 15) is 0 Å². The van der Waals surface area contributed by atoms with Crippen LogP contribution in [-0.4, -0.2) is 24.1 Å². The minimum atomic E-state index is 0.566. The second kappa shape index (κ2) is 13.0. The van der Waals surface area contributed by atoms with E-state index >= 15 is 0 Å². The fourth-order valence-corrected chi connectivity index (χ4v) is 8.38. The third kappa shape index (κ3) is 5.06. The summed E-state index contributed by atoms with van der Waals surface area (Å²) < 4.78 is 4.65. The number of hydrogen-bond donors (Lipinski definition) is 0. The molecule has 262 valence electrons. The van der Waals surface area contributed by atoms with Gasteiger partial charge in [0.15, 0.2) is 11.6 Å². The van der Waals surface area contributed by atoms with Gasteiger partial charge in [-0.3, -0.25) is 4.57 Å². The molecule has 11 rings (SSSR count). The first-order valence-electron chi connectivity index (χ1n) is 18.9. The fourth-order valence-electron chi connectivity index (χ4n) is 8.38. The van der Waals surface area contributed by atoms with E-state index in [2.05, 4.69) is 173 Å². The van der Waals surface area contributed by atoms with Crippen molar-refractivity contribution in [2.75, 3.05) is 0 Å². The van der Waals surface area contributed by atoms with E-state index in [0.29, 0.717) is 17.6 Å². The van der Waals surface area contributed by atoms with Crippen LogP contribution < -0.4 is 0 Å². The van der Waals surface area contributed by atoms with Crippen molar-refractivity contribution in [3.05, 3.63) is 200 Å². The second-order valence-electron chi connectivity index (χ2n) is 14.0. The lowest BCUT2D eigenvalue weighted by Gasteiger charge is -2.17. The van der Waals surface area contributed by atoms with E-state index in [1.165, 1.54) is 10.8 Å². The van der Waals surface area contributed by atoms with Crippen LogP contribution in [0.15, 0.2) is 200 Å². The maximum absolute atomic E-state index is 5.28. The van der Waals surface area contributed by atoms with Gasteiger partial charge in [-0.25, -0.2) is 4.98 Å². The van der Waals surface area contributed by atoms with Crippen molar-refractivity contribution in [1.29, 1.82) is 0 Å². The highest BCUT2D eigenvalue weighted by Gasteiger charge is 2.25. The Hall–Kier alpha value is -7.63. The number of fused-ring (bicyclic) bond motifs is 6. The monoisotopic (exact) mass is 715 g/mol. The van der Waals surface area contributed by atoms with Crippen LogP contribution in [0, 0.1) is 0 Å². The number of rotatable bonds is 6. The Bertz CT molecular complexity index is 3160. The molecule has 11 aromatic rings. The minimum Gasteiger partial charge on any atom is -0.309 e. The molecule has 5 heteroatoms. The SMILES string of the molecule is c1ccc(-c2nc(-c3ccccc3)nc(-n3c4ccccc4c4cccc(-c5c(-c6ccccc6)ccc6c5c5ccccc5n6-c5ccccc5)c43)n2)cc1. The lowest BCUT2D eigenvalue weighted by atomic mass is 9.89. The van der Waals surface area contributed by atoms with E-state index in [1.54, 1.807) is 0 Å². The maximum Gasteiger partial charge on any atom is 0.238 e. The molecule has 0 aliphatic rings. The van der Waals surface area contributed by atoms with E-state index < -0.39 is 0 Å². The van der Waals surface area contributed by atoms with Gasteiger partial charge in [0.25, 0.3) is 0 Å². The van der Waals surface area contributed by atoms with Gasteiger partial charge in [0.2, 0.25) is 5.95 Å². The normalized spacial score (nSPS) is 11.6. The number of benzene rings is 8. The van der Waals surface area contributed by atoms with Crippen LogP contribution in [-0.2, 0) is 0 Å². The summed E-state index contributed by atoms with van der Waals surface area (Å²) in [6, 6.07) is 70.4. The molecular weight excluding hydrogens is 683 g/mol. The van der Waals surface area contributed by atoms with Crippen molar-refractivity contribution in [2.24, 2.45) is 0 Å². The van der Waals surface area contributed by atoms with Crippen molar-refractivity contribution >= 4 is 43.6 Å². The molecule has 0 N–H and O–H groups in total. The van der Waals surface area contributed by atoms with Gasteiger partial charge in [0.1, 0.15) is 0 Å². The second-order valence-corrected chi connectivity index (χ2v) is 14.0. The third-order valence-electron chi connectivity index (χ3n) is 10.8. The molecule has 0 spiro atoms. The predicted molar refractivity (Wildman–Crippen MR) is 230 cm³/mol. The van der Waals surface area contributed by atoms with Gasteiger partial charge in [-0.15, -0.1) is 0 Å². The summed E-state index contributed by atoms with van der Waals surface area (Å²) >= 11 is 0. The molecule has 0 radical (unpaired) electrons. The zero-order valence-corrected chi connectivity index (χ0v) is 30.3. The van der Waals surface area contributed by atoms with Crippen molar-refractivity contribution in [3.63, 3.8) is 0 Å². The Balaban J connectivity index is 1.31. The van der Waals surface area contributed by atoms with E-state index in [0.717, 1.165) is 71.9 Å². The van der Waals surface area contributed by atoms with E-state index in [1.807, 2.05) is 36.4 Å². The van der Waals surface area contributed by atoms with Crippen LogP contribution in [0.2, 0.25) is 0 Å². The van der Waals surface area contributed by atoms with Crippen molar-refractivity contribution in [3.8, 4) is 56.7 Å². The fraction of sp³-hybridized carbons (Fsp3) is 0. The molecule has 0 atom stereocenters. The molecular formula is C51H33N5. The summed E-state index contributed by atoms with van der Waals surface area (Å²) in [5.41, 5.74) is 11.9. The Morgan fingerprint density at radius 1 is 0.321 bits per heavy atom. The first kappa shape index (κ1) is 31.9. The highest BCUT2D eigenvalue weighted by atomic mass is 15.2. The summed E-state index contributed by atoms with van der Waals surface area (Å²) in [7, 11) is 0. The Kier molecular flexibility index (Phi) is 7.42. The largest absolute Gasteiger partial charge is 0.309 e. The molecule has 0 saturated carbocycles. The molecule has 8 aromatic carbocycles. The maximum atomic E-state index is 5.28. The zero-order chi connectivity index (χ0) is 37.0. The smallest absolute Gasteiger partial charge is 0.238 e. The van der Waals surface area contributed by atoms with Crippen molar-refractivity contribution < 1.29 is 0 Å². The molecule has 56 heavy (non-hydrogen) atoms. The van der Waals surface area contributed by atoms with Crippen LogP contribution in [0.1, 0.15) is 0 Å². The molecule has 0 aliphatic heterocycles. The first-order chi connectivity index (χ1) is 27.8. The molecule has 3 heterocycles. The molecule has 0 unspecified atom stereocenters. The van der Waals surface area contributed by atoms with Gasteiger partial charge >= 0.3 is 0 Å². The summed E-state index contributed by atoms with van der Waals surface area (Å²) in [6.45, 7) is 0. The van der Waals surface area contributed by atoms with Gasteiger partial charge in [0, 0.05) is 49.5 Å². The molecule has 0 fully saturated rings. The first-order valence-corrected chi connectivity index (χ1v) is 18.9. The quantitative estimate of drug-likeness (QED) is 0.172. The summed E-state index contributed by atoms with van der Waals surface area (Å²) in [4.78, 5) is 15.6. The van der Waals surface area contributed by atoms with E-state index in [4.69, 9.17) is 15.0 Å². The molecule has 0 saturated heterocycles. The van der Waals surface area contributed by atoms with E-state index in [-0.39, 0.29) is 0 Å². The predicted octanol–water partition coefficient (Wildman–Crippen LogP) is 12.7. The molecule has 3 aromatic heterocycles. The average molecular weight is 716 g/mol. The Morgan fingerprint density at radius 2 is 0.839 bits per heavy atom. The topological polar surface area (TPSA) is 48.5 Å². The van der Waals surface area contributed by atoms with Crippen molar-refractivity contribution in [1.82, 2.24) is 24.1 Å². The summed E-state index contributed by atoms with van der Waals surface area (Å²) in [5.74, 6) is 1.81. The molecule has 0 bridgehead atoms. The molecule has 0 amide bonds. The molecule has 5 nitrogen and oxygen atoms in total. The van der Waals surface area contributed by atoms with Gasteiger partial charge < -0.3 is 4.57 Å². The summed E-state index contributed by atoms with van der Waals surface area (Å²) in [6.07, 6.45) is 0. The standard InChI is InChI=1S/C51H33N5/c1-5-18-34(19-6-1)38-32-33-45-47(41-27-14-16-31-44(41)55(45)37-24-11-4-12-25-37)46(38)42-29-17-28-40-39-26-13-15-30-43(39)56(48(40)42)51-53-49(35-20-7-2-8-21-35)52-50(54-51)36-22-9-3-10-23-36/h1-33H. The lowest BCUT2D eigenvalue weighted by Crippen LogP contribution is -2.07. The van der Waals surface area contributed by atoms with Gasteiger partial charge in [-0.2, -0.15) is 9.97 Å². The summed E-state index contributed by atoms with van der Waals surface area (Å²) in [5, 5.41) is 4.65. The van der Waals surface area contributed by atoms with Crippen LogP contribution in [0.5, 0.6) is 0 Å². The van der Waals surface area contributed by atoms with Crippen LogP contribution in [0.4, 0.5) is 0 Å². The minimum absolute atomic E-state index is 0.566. The highest BCUT2D eigenvalue weighted by Crippen LogP contribution is 2.47. The third-order valence-corrected chi connectivity index (χ3v) is 10.8. The number of hydrogen-bond acceptors (Lipinski definition) is 3. The highest BCUT2D eigenvalue weighted by molar-refractivity contribution is 6.23. The van der Waals surface area contributed by atoms with Gasteiger partial charge in [-0.1, -0.05) is 170 Å². The molecule has 0 aliphatic carbocycles. The number of aromatic nitrogens is 5. The Morgan fingerprint density at radius 3 is 1.48 bits per heavy atom. The zero-order valence-electron chi connectivity index (χ0n) is 30.3. The number of para-hydroxylation sites is 4. The average Bonchev–Trinajstić information content (AvgIpc) is 3.80. The number of nitrogens with zero attached hydrogens (tertiary/aromatic N) is 5. The van der Waals surface area contributed by atoms with Gasteiger partial charge in [0.05, 0.1) is 22.1 Å². The van der Waals surface area contributed by atoms with Crippen LogP contribution in [0.3, 0.4) is 0 Å². The van der Waals surface area contributed by atoms with Crippen LogP contribution >= 0.6 is 0 Å².